The van der Waals surface area contributed by atoms with Gasteiger partial charge in [-0.15, -0.1) is 0 Å². The van der Waals surface area contributed by atoms with Gasteiger partial charge in [0, 0.05) is 17.6 Å². The second-order valence-electron chi connectivity index (χ2n) is 4.97. The Morgan fingerprint density at radius 2 is 2.00 bits per heavy atom. The van der Waals surface area contributed by atoms with Crippen molar-refractivity contribution in [2.45, 2.75) is 13.5 Å². The number of benzene rings is 2. The smallest absolute Gasteiger partial charge is 0.134 e. The number of aryl methyl sites for hydroxylation is 1. The van der Waals surface area contributed by atoms with Gasteiger partial charge in [0.15, 0.2) is 0 Å². The van der Waals surface area contributed by atoms with Crippen molar-refractivity contribution in [3.63, 3.8) is 0 Å². The molecular formula is C17H15ClN2O. The summed E-state index contributed by atoms with van der Waals surface area (Å²) in [6, 6.07) is 15.3. The molecule has 0 bridgehead atoms. The van der Waals surface area contributed by atoms with Gasteiger partial charge in [0.1, 0.15) is 5.75 Å². The Kier molecular flexibility index (Phi) is 3.67. The number of nitrogens with zero attached hydrogens (tertiary/aromatic N) is 1. The van der Waals surface area contributed by atoms with Crippen molar-refractivity contribution in [3.8, 4) is 5.75 Å². The first-order valence-corrected chi connectivity index (χ1v) is 7.09. The van der Waals surface area contributed by atoms with Crippen LogP contribution in [0.15, 0.2) is 48.5 Å². The molecule has 0 saturated carbocycles. The number of fused-ring (bicyclic) bond motifs is 1. The van der Waals surface area contributed by atoms with Gasteiger partial charge in [0.2, 0.25) is 0 Å². The maximum absolute atomic E-state index is 9.44. The molecule has 106 valence electrons. The van der Waals surface area contributed by atoms with Crippen molar-refractivity contribution in [1.29, 1.82) is 0 Å². The van der Waals surface area contributed by atoms with Gasteiger partial charge in [0.05, 0.1) is 16.2 Å². The summed E-state index contributed by atoms with van der Waals surface area (Å²) in [5, 5.41) is 14.3. The van der Waals surface area contributed by atoms with E-state index in [0.717, 1.165) is 27.8 Å². The van der Waals surface area contributed by atoms with Crippen LogP contribution < -0.4 is 5.32 Å². The number of aromatic hydroxyl groups is 1. The minimum Gasteiger partial charge on any atom is -0.506 e. The van der Waals surface area contributed by atoms with E-state index in [1.807, 2.05) is 37.3 Å². The lowest BCUT2D eigenvalue weighted by molar-refractivity contribution is 0.475. The topological polar surface area (TPSA) is 45.1 Å². The fraction of sp³-hybridized carbons (Fsp3) is 0.118. The molecule has 2 N–H and O–H groups in total. The Labute approximate surface area is 128 Å². The zero-order valence-corrected chi connectivity index (χ0v) is 12.4. The number of rotatable bonds is 3. The average molecular weight is 299 g/mol. The molecule has 1 aromatic heterocycles. The molecular weight excluding hydrogens is 284 g/mol. The largest absolute Gasteiger partial charge is 0.506 e. The highest BCUT2D eigenvalue weighted by molar-refractivity contribution is 6.32. The Morgan fingerprint density at radius 3 is 2.81 bits per heavy atom. The summed E-state index contributed by atoms with van der Waals surface area (Å²) in [6.07, 6.45) is 0. The third-order valence-electron chi connectivity index (χ3n) is 3.35. The highest BCUT2D eigenvalue weighted by Gasteiger charge is 2.04. The van der Waals surface area contributed by atoms with Crippen LogP contribution >= 0.6 is 11.6 Å². The molecule has 3 aromatic rings. The van der Waals surface area contributed by atoms with Crippen LogP contribution in [0.3, 0.4) is 0 Å². The lowest BCUT2D eigenvalue weighted by atomic mass is 10.1. The number of phenolic OH excluding ortho intramolecular Hbond substituents is 1. The molecule has 4 heteroatoms. The second-order valence-corrected chi connectivity index (χ2v) is 5.38. The highest BCUT2D eigenvalue weighted by atomic mass is 35.5. The maximum atomic E-state index is 9.44. The Balaban J connectivity index is 1.88. The third kappa shape index (κ3) is 2.93. The van der Waals surface area contributed by atoms with E-state index < -0.39 is 0 Å². The number of hydrogen-bond donors (Lipinski definition) is 2. The molecule has 1 heterocycles. The Bertz CT molecular complexity index is 802. The van der Waals surface area contributed by atoms with Gasteiger partial charge in [0.25, 0.3) is 0 Å². The van der Waals surface area contributed by atoms with E-state index >= 15 is 0 Å². The molecule has 0 spiro atoms. The summed E-state index contributed by atoms with van der Waals surface area (Å²) < 4.78 is 0. The van der Waals surface area contributed by atoms with E-state index in [1.54, 1.807) is 12.1 Å². The second kappa shape index (κ2) is 5.62. The molecule has 0 radical (unpaired) electrons. The fourth-order valence-corrected chi connectivity index (χ4v) is 2.45. The van der Waals surface area contributed by atoms with Gasteiger partial charge in [-0.2, -0.15) is 0 Å². The quantitative estimate of drug-likeness (QED) is 0.747. The van der Waals surface area contributed by atoms with Crippen LogP contribution in [0, 0.1) is 6.92 Å². The molecule has 0 unspecified atom stereocenters. The number of hydrogen-bond acceptors (Lipinski definition) is 3. The molecule has 2 aromatic carbocycles. The van der Waals surface area contributed by atoms with Crippen molar-refractivity contribution < 1.29 is 5.11 Å². The van der Waals surface area contributed by atoms with Gasteiger partial charge < -0.3 is 10.4 Å². The molecule has 0 fully saturated rings. The first kappa shape index (κ1) is 13.7. The number of pyridine rings is 1. The Morgan fingerprint density at radius 1 is 1.14 bits per heavy atom. The summed E-state index contributed by atoms with van der Waals surface area (Å²) in [5.41, 5.74) is 3.94. The molecule has 3 rings (SSSR count). The van der Waals surface area contributed by atoms with Crippen LogP contribution in [0.1, 0.15) is 11.3 Å². The maximum Gasteiger partial charge on any atom is 0.134 e. The predicted octanol–water partition coefficient (Wildman–Crippen LogP) is 4.51. The van der Waals surface area contributed by atoms with Gasteiger partial charge in [-0.05, 0) is 36.8 Å². The van der Waals surface area contributed by atoms with E-state index in [9.17, 15) is 5.11 Å². The van der Waals surface area contributed by atoms with Crippen LogP contribution in [-0.4, -0.2) is 10.1 Å². The standard InChI is InChI=1S/C17H15ClN2O/c1-11-5-7-13-3-2-4-15(17(13)20-11)19-10-12-6-8-16(21)14(18)9-12/h2-9,19,21H,10H2,1H3. The first-order valence-electron chi connectivity index (χ1n) is 6.71. The molecule has 0 saturated heterocycles. The number of halogens is 1. The summed E-state index contributed by atoms with van der Waals surface area (Å²) in [6.45, 7) is 2.60. The van der Waals surface area contributed by atoms with Crippen LogP contribution in [0.25, 0.3) is 10.9 Å². The molecule has 0 aliphatic heterocycles. The fourth-order valence-electron chi connectivity index (χ4n) is 2.24. The van der Waals surface area contributed by atoms with Crippen molar-refractivity contribution in [1.82, 2.24) is 4.98 Å². The van der Waals surface area contributed by atoms with Crippen LogP contribution in [0.5, 0.6) is 5.75 Å². The van der Waals surface area contributed by atoms with E-state index in [-0.39, 0.29) is 5.75 Å². The van der Waals surface area contributed by atoms with Gasteiger partial charge in [-0.25, -0.2) is 0 Å². The molecule has 0 aliphatic rings. The van der Waals surface area contributed by atoms with E-state index in [1.165, 1.54) is 0 Å². The minimum atomic E-state index is 0.0999. The number of anilines is 1. The number of nitrogens with one attached hydrogen (secondary N) is 1. The molecule has 0 aliphatic carbocycles. The van der Waals surface area contributed by atoms with Crippen molar-refractivity contribution in [2.24, 2.45) is 0 Å². The zero-order valence-electron chi connectivity index (χ0n) is 11.6. The number of aromatic nitrogens is 1. The van der Waals surface area contributed by atoms with Crippen LogP contribution in [0.2, 0.25) is 5.02 Å². The Hall–Kier alpha value is -2.26. The molecule has 0 amide bonds. The number of phenols is 1. The minimum absolute atomic E-state index is 0.0999. The van der Waals surface area contributed by atoms with Crippen molar-refractivity contribution in [2.75, 3.05) is 5.32 Å². The summed E-state index contributed by atoms with van der Waals surface area (Å²) in [7, 11) is 0. The van der Waals surface area contributed by atoms with Crippen LogP contribution in [0.4, 0.5) is 5.69 Å². The monoisotopic (exact) mass is 298 g/mol. The lowest BCUT2D eigenvalue weighted by Gasteiger charge is -2.10. The van der Waals surface area contributed by atoms with Crippen molar-refractivity contribution in [3.05, 3.63) is 64.8 Å². The normalized spacial score (nSPS) is 10.8. The van der Waals surface area contributed by atoms with Crippen LogP contribution in [-0.2, 0) is 6.54 Å². The molecule has 21 heavy (non-hydrogen) atoms. The lowest BCUT2D eigenvalue weighted by Crippen LogP contribution is -2.01. The first-order chi connectivity index (χ1) is 10.1. The molecule has 3 nitrogen and oxygen atoms in total. The number of para-hydroxylation sites is 1. The summed E-state index contributed by atoms with van der Waals surface area (Å²) >= 11 is 5.92. The van der Waals surface area contributed by atoms with E-state index in [4.69, 9.17) is 11.6 Å². The van der Waals surface area contributed by atoms with Gasteiger partial charge in [-0.1, -0.05) is 35.9 Å². The summed E-state index contributed by atoms with van der Waals surface area (Å²) in [4.78, 5) is 4.59. The van der Waals surface area contributed by atoms with E-state index in [2.05, 4.69) is 16.4 Å². The van der Waals surface area contributed by atoms with Gasteiger partial charge >= 0.3 is 0 Å². The third-order valence-corrected chi connectivity index (χ3v) is 3.66. The SMILES string of the molecule is Cc1ccc2cccc(NCc3ccc(O)c(Cl)c3)c2n1. The van der Waals surface area contributed by atoms with Crippen molar-refractivity contribution >= 4 is 28.2 Å². The average Bonchev–Trinajstić information content (AvgIpc) is 2.48. The highest BCUT2D eigenvalue weighted by Crippen LogP contribution is 2.25. The zero-order chi connectivity index (χ0) is 14.8. The summed E-state index contributed by atoms with van der Waals surface area (Å²) in [5.74, 6) is 0.0999. The van der Waals surface area contributed by atoms with E-state index in [0.29, 0.717) is 11.6 Å². The predicted molar refractivity (Wildman–Crippen MR) is 86.9 cm³/mol. The molecule has 0 atom stereocenters. The van der Waals surface area contributed by atoms with Gasteiger partial charge in [-0.3, -0.25) is 4.98 Å².